The van der Waals surface area contributed by atoms with Gasteiger partial charge in [-0.15, -0.1) is 0 Å². The summed E-state index contributed by atoms with van der Waals surface area (Å²) in [5, 5.41) is 0.953. The average molecular weight is 517 g/mol. The highest BCUT2D eigenvalue weighted by atomic mass is 35.5. The van der Waals surface area contributed by atoms with Gasteiger partial charge in [-0.3, -0.25) is 9.59 Å². The van der Waals surface area contributed by atoms with Gasteiger partial charge < -0.3 is 15.1 Å². The predicted molar refractivity (Wildman–Crippen MR) is 150 cm³/mol. The van der Waals surface area contributed by atoms with Gasteiger partial charge in [-0.25, -0.2) is 0 Å². The Kier molecular flexibility index (Phi) is 8.47. The zero-order valence-electron chi connectivity index (χ0n) is 21.5. The molecule has 3 aromatic carbocycles. The molecule has 1 aromatic heterocycles. The van der Waals surface area contributed by atoms with Crippen molar-refractivity contribution in [3.63, 3.8) is 0 Å². The summed E-state index contributed by atoms with van der Waals surface area (Å²) < 4.78 is 6.51. The first kappa shape index (κ1) is 26.6. The minimum absolute atomic E-state index is 0.0403. The van der Waals surface area contributed by atoms with Crippen LogP contribution in [0.3, 0.4) is 0 Å². The molecule has 5 nitrogen and oxygen atoms in total. The molecule has 0 saturated carbocycles. The van der Waals surface area contributed by atoms with E-state index < -0.39 is 6.04 Å². The van der Waals surface area contributed by atoms with Crippen LogP contribution in [0.25, 0.3) is 11.0 Å². The molecule has 1 amide bonds. The first-order chi connectivity index (χ1) is 17.8. The fraction of sp³-hybridized carbons (Fsp3) is 0.290. The van der Waals surface area contributed by atoms with Crippen molar-refractivity contribution in [2.45, 2.75) is 39.7 Å². The van der Waals surface area contributed by atoms with Gasteiger partial charge in [0.2, 0.25) is 0 Å². The minimum Gasteiger partial charge on any atom is -0.458 e. The Bertz CT molecular complexity index is 1430. The molecule has 0 radical (unpaired) electrons. The number of benzene rings is 3. The molecule has 1 atom stereocenters. The Morgan fingerprint density at radius 3 is 2.38 bits per heavy atom. The highest BCUT2D eigenvalue weighted by Gasteiger charge is 2.33. The van der Waals surface area contributed by atoms with Crippen LogP contribution in [0.4, 0.5) is 0 Å². The fourth-order valence-electron chi connectivity index (χ4n) is 4.72. The molecule has 0 saturated heterocycles. The first-order valence-electron chi connectivity index (χ1n) is 12.7. The predicted octanol–water partition coefficient (Wildman–Crippen LogP) is 6.53. The van der Waals surface area contributed by atoms with Crippen LogP contribution in [0.1, 0.15) is 59.1 Å². The summed E-state index contributed by atoms with van der Waals surface area (Å²) in [5.41, 5.74) is 9.38. The van der Waals surface area contributed by atoms with E-state index in [1.54, 1.807) is 18.2 Å². The van der Waals surface area contributed by atoms with Gasteiger partial charge in [0.25, 0.3) is 5.91 Å². The zero-order chi connectivity index (χ0) is 26.5. The van der Waals surface area contributed by atoms with E-state index in [4.69, 9.17) is 21.8 Å². The summed E-state index contributed by atoms with van der Waals surface area (Å²) in [6.07, 6.45) is 1.02. The van der Waals surface area contributed by atoms with Crippen LogP contribution < -0.4 is 11.2 Å². The largest absolute Gasteiger partial charge is 0.458 e. The molecular weight excluding hydrogens is 484 g/mol. The van der Waals surface area contributed by atoms with Gasteiger partial charge in [0.15, 0.2) is 5.43 Å². The average Bonchev–Trinajstić information content (AvgIpc) is 2.88. The number of carbonyl (C=O) groups excluding carboxylic acids is 1. The number of hydrogen-bond donors (Lipinski definition) is 1. The third-order valence-electron chi connectivity index (χ3n) is 6.60. The highest BCUT2D eigenvalue weighted by molar-refractivity contribution is 6.31. The molecule has 6 heteroatoms. The Labute approximate surface area is 222 Å². The maximum atomic E-state index is 13.9. The van der Waals surface area contributed by atoms with Gasteiger partial charge >= 0.3 is 0 Å². The molecule has 0 aliphatic heterocycles. The van der Waals surface area contributed by atoms with Crippen molar-refractivity contribution in [1.29, 1.82) is 0 Å². The van der Waals surface area contributed by atoms with E-state index in [-0.39, 0.29) is 17.3 Å². The number of carbonyl (C=O) groups is 1. The molecule has 2 N–H and O–H groups in total. The molecule has 0 aliphatic rings. The van der Waals surface area contributed by atoms with Gasteiger partial charge in [0.05, 0.1) is 11.4 Å². The smallest absolute Gasteiger partial charge is 0.254 e. The van der Waals surface area contributed by atoms with Crippen LogP contribution in [0.5, 0.6) is 0 Å². The fourth-order valence-corrected chi connectivity index (χ4v) is 4.89. The number of amides is 1. The van der Waals surface area contributed by atoms with Crippen molar-refractivity contribution >= 4 is 28.5 Å². The molecule has 0 aliphatic carbocycles. The van der Waals surface area contributed by atoms with Crippen LogP contribution in [-0.2, 0) is 6.42 Å². The molecule has 1 unspecified atom stereocenters. The zero-order valence-corrected chi connectivity index (χ0v) is 22.3. The molecule has 0 fully saturated rings. The van der Waals surface area contributed by atoms with Crippen molar-refractivity contribution in [2.75, 3.05) is 13.1 Å². The van der Waals surface area contributed by atoms with E-state index in [1.807, 2.05) is 80.3 Å². The van der Waals surface area contributed by atoms with E-state index in [2.05, 4.69) is 0 Å². The molecule has 1 heterocycles. The second-order valence-electron chi connectivity index (χ2n) is 9.77. The Morgan fingerprint density at radius 1 is 1.03 bits per heavy atom. The molecule has 192 valence electrons. The molecule has 0 spiro atoms. The number of halogens is 1. The van der Waals surface area contributed by atoms with Gasteiger partial charge in [-0.1, -0.05) is 73.5 Å². The van der Waals surface area contributed by atoms with Crippen molar-refractivity contribution in [3.8, 4) is 0 Å². The maximum absolute atomic E-state index is 13.9. The molecule has 37 heavy (non-hydrogen) atoms. The van der Waals surface area contributed by atoms with Crippen molar-refractivity contribution in [1.82, 2.24) is 4.90 Å². The topological polar surface area (TPSA) is 76.5 Å². The van der Waals surface area contributed by atoms with E-state index >= 15 is 0 Å². The summed E-state index contributed by atoms with van der Waals surface area (Å²) in [4.78, 5) is 29.6. The summed E-state index contributed by atoms with van der Waals surface area (Å²) in [7, 11) is 0. The van der Waals surface area contributed by atoms with Gasteiger partial charge in [-0.2, -0.15) is 0 Å². The van der Waals surface area contributed by atoms with Gasteiger partial charge in [0, 0.05) is 35.2 Å². The van der Waals surface area contributed by atoms with E-state index in [1.165, 1.54) is 0 Å². The lowest BCUT2D eigenvalue weighted by atomic mass is 9.91. The lowest BCUT2D eigenvalue weighted by Crippen LogP contribution is -2.40. The summed E-state index contributed by atoms with van der Waals surface area (Å²) in [5.74, 6) is 0.337. The van der Waals surface area contributed by atoms with Crippen molar-refractivity contribution in [2.24, 2.45) is 11.7 Å². The molecule has 0 bridgehead atoms. The number of nitrogens with two attached hydrogens (primary N) is 1. The van der Waals surface area contributed by atoms with Crippen LogP contribution in [0.2, 0.25) is 5.02 Å². The van der Waals surface area contributed by atoms with Crippen LogP contribution in [0.15, 0.2) is 82.0 Å². The standard InChI is InChI=1S/C31H33ClN2O3/c1-20(2)28(34(17-7-16-33)31(36)23-12-10-21(3)11-13-23)30-26(18-22-8-5-4-6-9-22)29(35)25-15-14-24(32)19-27(25)37-30/h4-6,8-15,19-20,28H,7,16-18,33H2,1-3H3. The lowest BCUT2D eigenvalue weighted by Gasteiger charge is -2.35. The second kappa shape index (κ2) is 11.8. The quantitative estimate of drug-likeness (QED) is 0.274. The number of fused-ring (bicyclic) bond motifs is 1. The normalized spacial score (nSPS) is 12.2. The van der Waals surface area contributed by atoms with E-state index in [0.29, 0.717) is 58.8 Å². The lowest BCUT2D eigenvalue weighted by molar-refractivity contribution is 0.0587. The third-order valence-corrected chi connectivity index (χ3v) is 6.84. The maximum Gasteiger partial charge on any atom is 0.254 e. The van der Waals surface area contributed by atoms with Gasteiger partial charge in [0.1, 0.15) is 11.3 Å². The Balaban J connectivity index is 1.93. The monoisotopic (exact) mass is 516 g/mol. The number of rotatable bonds is 9. The van der Waals surface area contributed by atoms with Crippen LogP contribution in [-0.4, -0.2) is 23.9 Å². The second-order valence-corrected chi connectivity index (χ2v) is 10.2. The van der Waals surface area contributed by atoms with Crippen molar-refractivity contribution < 1.29 is 9.21 Å². The minimum atomic E-state index is -0.477. The van der Waals surface area contributed by atoms with E-state index in [9.17, 15) is 9.59 Å². The summed E-state index contributed by atoms with van der Waals surface area (Å²) in [6, 6.07) is 21.9. The molecule has 4 aromatic rings. The Hall–Kier alpha value is -3.41. The molecular formula is C31H33ClN2O3. The summed E-state index contributed by atoms with van der Waals surface area (Å²) in [6.45, 7) is 6.95. The summed E-state index contributed by atoms with van der Waals surface area (Å²) >= 11 is 6.27. The Morgan fingerprint density at radius 2 is 1.73 bits per heavy atom. The van der Waals surface area contributed by atoms with Crippen LogP contribution >= 0.6 is 11.6 Å². The van der Waals surface area contributed by atoms with Crippen molar-refractivity contribution in [3.05, 3.63) is 116 Å². The highest BCUT2D eigenvalue weighted by Crippen LogP contribution is 2.35. The third kappa shape index (κ3) is 5.95. The van der Waals surface area contributed by atoms with Gasteiger partial charge in [-0.05, 0) is 55.6 Å². The number of aryl methyl sites for hydroxylation is 1. The number of hydrogen-bond acceptors (Lipinski definition) is 4. The molecule has 4 rings (SSSR count). The van der Waals surface area contributed by atoms with E-state index in [0.717, 1.165) is 11.1 Å². The van der Waals surface area contributed by atoms with Crippen LogP contribution in [0, 0.1) is 12.8 Å². The SMILES string of the molecule is Cc1ccc(C(=O)N(CCCN)C(c2oc3cc(Cl)ccc3c(=O)c2Cc2ccccc2)C(C)C)cc1. The first-order valence-corrected chi connectivity index (χ1v) is 13.0. The number of nitrogens with zero attached hydrogens (tertiary/aromatic N) is 1.